The molecule has 0 fully saturated rings. The Labute approximate surface area is 106 Å². The first-order valence-electron chi connectivity index (χ1n) is 5.43. The fraction of sp³-hybridized carbons (Fsp3) is 0.417. The second-order valence-corrected chi connectivity index (χ2v) is 4.74. The molecular formula is C12H18N2O2S. The molecule has 0 spiro atoms. The molecule has 5 heteroatoms. The van der Waals surface area contributed by atoms with Crippen molar-refractivity contribution in [1.82, 2.24) is 5.32 Å². The van der Waals surface area contributed by atoms with Crippen LogP contribution in [0.15, 0.2) is 24.3 Å². The van der Waals surface area contributed by atoms with Crippen LogP contribution in [0.2, 0.25) is 0 Å². The Kier molecular flexibility index (Phi) is 5.86. The topological polar surface area (TPSA) is 75.3 Å². The maximum Gasteiger partial charge on any atom is 0.320 e. The lowest BCUT2D eigenvalue weighted by atomic mass is 10.1. The number of carboxylic acids is 1. The van der Waals surface area contributed by atoms with Crippen LogP contribution >= 0.6 is 11.8 Å². The lowest BCUT2D eigenvalue weighted by molar-refractivity contribution is -0.139. The standard InChI is InChI=1S/C12H18N2O2S/c1-17-7-6-11(12(15)16)14-8-9-4-2-3-5-10(9)13/h2-5,11,14H,6-8,13H2,1H3,(H,15,16). The number of thioether (sulfide) groups is 1. The predicted octanol–water partition coefficient (Wildman–Crippen LogP) is 1.56. The molecule has 4 N–H and O–H groups in total. The van der Waals surface area contributed by atoms with Gasteiger partial charge in [0.1, 0.15) is 6.04 Å². The third-order valence-electron chi connectivity index (χ3n) is 2.50. The summed E-state index contributed by atoms with van der Waals surface area (Å²) in [7, 11) is 0. The molecule has 1 unspecified atom stereocenters. The molecule has 0 saturated heterocycles. The summed E-state index contributed by atoms with van der Waals surface area (Å²) in [5.74, 6) is 0.0161. The smallest absolute Gasteiger partial charge is 0.320 e. The molecule has 17 heavy (non-hydrogen) atoms. The molecular weight excluding hydrogens is 236 g/mol. The van der Waals surface area contributed by atoms with Crippen molar-refractivity contribution >= 4 is 23.4 Å². The molecule has 0 aliphatic heterocycles. The molecule has 0 radical (unpaired) electrons. The summed E-state index contributed by atoms with van der Waals surface area (Å²) >= 11 is 1.64. The van der Waals surface area contributed by atoms with Gasteiger partial charge in [0.15, 0.2) is 0 Å². The molecule has 1 atom stereocenters. The molecule has 0 aliphatic carbocycles. The van der Waals surface area contributed by atoms with Gasteiger partial charge in [0.2, 0.25) is 0 Å². The summed E-state index contributed by atoms with van der Waals surface area (Å²) in [6, 6.07) is 6.96. The summed E-state index contributed by atoms with van der Waals surface area (Å²) in [5, 5.41) is 12.1. The molecule has 1 aromatic rings. The Balaban J connectivity index is 2.52. The van der Waals surface area contributed by atoms with Gasteiger partial charge in [-0.3, -0.25) is 4.79 Å². The third-order valence-corrected chi connectivity index (χ3v) is 3.15. The highest BCUT2D eigenvalue weighted by atomic mass is 32.2. The summed E-state index contributed by atoms with van der Waals surface area (Å²) < 4.78 is 0. The summed E-state index contributed by atoms with van der Waals surface area (Å²) in [4.78, 5) is 11.0. The molecule has 1 rings (SSSR count). The minimum atomic E-state index is -0.812. The molecule has 1 aromatic carbocycles. The fourth-order valence-corrected chi connectivity index (χ4v) is 1.95. The number of nitrogens with one attached hydrogen (secondary N) is 1. The Morgan fingerprint density at radius 2 is 2.24 bits per heavy atom. The van der Waals surface area contributed by atoms with Crippen LogP contribution in [-0.2, 0) is 11.3 Å². The molecule has 0 saturated carbocycles. The average Bonchev–Trinajstić information content (AvgIpc) is 2.31. The number of carboxylic acid groups (broad SMARTS) is 1. The van der Waals surface area contributed by atoms with E-state index in [2.05, 4.69) is 5.32 Å². The van der Waals surface area contributed by atoms with Crippen LogP contribution in [0.4, 0.5) is 5.69 Å². The monoisotopic (exact) mass is 254 g/mol. The number of rotatable bonds is 7. The largest absolute Gasteiger partial charge is 0.480 e. The Hall–Kier alpha value is -1.20. The predicted molar refractivity (Wildman–Crippen MR) is 72.1 cm³/mol. The maximum atomic E-state index is 11.0. The van der Waals surface area contributed by atoms with Crippen molar-refractivity contribution in [3.8, 4) is 0 Å². The van der Waals surface area contributed by atoms with E-state index < -0.39 is 12.0 Å². The van der Waals surface area contributed by atoms with Crippen LogP contribution in [0.1, 0.15) is 12.0 Å². The SMILES string of the molecule is CSCCC(NCc1ccccc1N)C(=O)O. The van der Waals surface area contributed by atoms with Crippen molar-refractivity contribution in [3.05, 3.63) is 29.8 Å². The molecule has 0 aliphatic rings. The zero-order chi connectivity index (χ0) is 12.7. The van der Waals surface area contributed by atoms with Crippen molar-refractivity contribution in [1.29, 1.82) is 0 Å². The van der Waals surface area contributed by atoms with Crippen LogP contribution in [0.5, 0.6) is 0 Å². The first-order chi connectivity index (χ1) is 8.15. The number of hydrogen-bond acceptors (Lipinski definition) is 4. The van der Waals surface area contributed by atoms with Gasteiger partial charge in [0, 0.05) is 12.2 Å². The Morgan fingerprint density at radius 1 is 1.53 bits per heavy atom. The van der Waals surface area contributed by atoms with Gasteiger partial charge in [-0.2, -0.15) is 11.8 Å². The lowest BCUT2D eigenvalue weighted by Crippen LogP contribution is -2.36. The van der Waals surface area contributed by atoms with E-state index in [1.165, 1.54) is 0 Å². The van der Waals surface area contributed by atoms with E-state index in [0.717, 1.165) is 11.3 Å². The summed E-state index contributed by atoms with van der Waals surface area (Å²) in [6.07, 6.45) is 2.58. The van der Waals surface area contributed by atoms with Crippen LogP contribution in [0.25, 0.3) is 0 Å². The van der Waals surface area contributed by atoms with E-state index in [0.29, 0.717) is 18.7 Å². The second-order valence-electron chi connectivity index (χ2n) is 3.75. The minimum absolute atomic E-state index is 0.484. The number of para-hydroxylation sites is 1. The minimum Gasteiger partial charge on any atom is -0.480 e. The van der Waals surface area contributed by atoms with Gasteiger partial charge in [-0.15, -0.1) is 0 Å². The van der Waals surface area contributed by atoms with E-state index in [4.69, 9.17) is 10.8 Å². The van der Waals surface area contributed by atoms with Gasteiger partial charge in [0.05, 0.1) is 0 Å². The van der Waals surface area contributed by atoms with Gasteiger partial charge in [0.25, 0.3) is 0 Å². The van der Waals surface area contributed by atoms with Crippen molar-refractivity contribution < 1.29 is 9.90 Å². The highest BCUT2D eigenvalue weighted by Crippen LogP contribution is 2.10. The van der Waals surface area contributed by atoms with Gasteiger partial charge in [-0.05, 0) is 30.1 Å². The number of benzene rings is 1. The second kappa shape index (κ2) is 7.19. The average molecular weight is 254 g/mol. The van der Waals surface area contributed by atoms with Crippen LogP contribution in [0.3, 0.4) is 0 Å². The zero-order valence-electron chi connectivity index (χ0n) is 9.85. The van der Waals surface area contributed by atoms with E-state index in [1.54, 1.807) is 11.8 Å². The molecule has 0 amide bonds. The summed E-state index contributed by atoms with van der Waals surface area (Å²) in [6.45, 7) is 0.484. The number of nitrogens with two attached hydrogens (primary N) is 1. The summed E-state index contributed by atoms with van der Waals surface area (Å²) in [5.41, 5.74) is 7.41. The van der Waals surface area contributed by atoms with Crippen molar-refractivity contribution in [2.45, 2.75) is 19.0 Å². The Bertz CT molecular complexity index is 371. The van der Waals surface area contributed by atoms with E-state index in [1.807, 2.05) is 30.5 Å². The quantitative estimate of drug-likeness (QED) is 0.644. The maximum absolute atomic E-state index is 11.0. The molecule has 94 valence electrons. The first-order valence-corrected chi connectivity index (χ1v) is 6.83. The Morgan fingerprint density at radius 3 is 2.82 bits per heavy atom. The number of aliphatic carboxylic acids is 1. The highest BCUT2D eigenvalue weighted by molar-refractivity contribution is 7.98. The van der Waals surface area contributed by atoms with Gasteiger partial charge < -0.3 is 16.2 Å². The van der Waals surface area contributed by atoms with E-state index >= 15 is 0 Å². The zero-order valence-corrected chi connectivity index (χ0v) is 10.7. The molecule has 0 bridgehead atoms. The van der Waals surface area contributed by atoms with Gasteiger partial charge in [-0.25, -0.2) is 0 Å². The van der Waals surface area contributed by atoms with E-state index in [9.17, 15) is 4.79 Å². The number of carbonyl (C=O) groups is 1. The molecule has 0 heterocycles. The van der Waals surface area contributed by atoms with Gasteiger partial charge >= 0.3 is 5.97 Å². The van der Waals surface area contributed by atoms with E-state index in [-0.39, 0.29) is 0 Å². The molecule has 4 nitrogen and oxygen atoms in total. The third kappa shape index (κ3) is 4.66. The van der Waals surface area contributed by atoms with Gasteiger partial charge in [-0.1, -0.05) is 18.2 Å². The number of hydrogen-bond donors (Lipinski definition) is 3. The normalized spacial score (nSPS) is 12.3. The lowest BCUT2D eigenvalue weighted by Gasteiger charge is -2.14. The number of nitrogen functional groups attached to an aromatic ring is 1. The first kappa shape index (κ1) is 13.9. The van der Waals surface area contributed by atoms with Crippen molar-refractivity contribution in [3.63, 3.8) is 0 Å². The van der Waals surface area contributed by atoms with Crippen LogP contribution in [0, 0.1) is 0 Å². The number of anilines is 1. The van der Waals surface area contributed by atoms with Crippen molar-refractivity contribution in [2.75, 3.05) is 17.7 Å². The van der Waals surface area contributed by atoms with Crippen molar-refractivity contribution in [2.24, 2.45) is 0 Å². The highest BCUT2D eigenvalue weighted by Gasteiger charge is 2.16. The fourth-order valence-electron chi connectivity index (χ4n) is 1.48. The van der Waals surface area contributed by atoms with Crippen LogP contribution in [-0.4, -0.2) is 29.1 Å². The van der Waals surface area contributed by atoms with Crippen LogP contribution < -0.4 is 11.1 Å². The molecule has 0 aromatic heterocycles.